The van der Waals surface area contributed by atoms with Gasteiger partial charge >= 0.3 is 23.9 Å². The molecule has 0 aliphatic carbocycles. The summed E-state index contributed by atoms with van der Waals surface area (Å²) in [7, 11) is 0. The molecule has 0 bridgehead atoms. The van der Waals surface area contributed by atoms with Crippen LogP contribution in [0.1, 0.15) is 41.4 Å². The lowest BCUT2D eigenvalue weighted by atomic mass is 9.83. The van der Waals surface area contributed by atoms with Crippen LogP contribution in [-0.4, -0.2) is 44.3 Å². The highest BCUT2D eigenvalue weighted by molar-refractivity contribution is 6.22. The van der Waals surface area contributed by atoms with Gasteiger partial charge in [-0.3, -0.25) is 0 Å². The molecule has 62 heavy (non-hydrogen) atoms. The average molecular weight is 811 g/mol. The Morgan fingerprint density at radius 3 is 0.629 bits per heavy atom. The van der Waals surface area contributed by atoms with Crippen LogP contribution in [0, 0.1) is 0 Å². The van der Waals surface area contributed by atoms with Gasteiger partial charge in [-0.2, -0.15) is 0 Å². The maximum atomic E-state index is 11.8. The molecule has 0 saturated heterocycles. The maximum Gasteiger partial charge on any atom is 0.335 e. The molecule has 9 rings (SSSR count). The van der Waals surface area contributed by atoms with Crippen molar-refractivity contribution in [3.8, 4) is 66.8 Å². The summed E-state index contributed by atoms with van der Waals surface area (Å²) in [5.74, 6) is -4.08. The number of benzene rings is 9. The van der Waals surface area contributed by atoms with Gasteiger partial charge in [0.15, 0.2) is 0 Å². The van der Waals surface area contributed by atoms with E-state index < -0.39 is 23.9 Å². The zero-order valence-electron chi connectivity index (χ0n) is 32.7. The molecule has 8 nitrogen and oxygen atoms in total. The Labute approximate surface area is 354 Å². The molecule has 9 aromatic rings. The summed E-state index contributed by atoms with van der Waals surface area (Å²) >= 11 is 0. The quantitative estimate of drug-likeness (QED) is 0.0997. The predicted molar refractivity (Wildman–Crippen MR) is 242 cm³/mol. The molecule has 0 fully saturated rings. The molecule has 0 aliphatic rings. The van der Waals surface area contributed by atoms with Gasteiger partial charge in [0.05, 0.1) is 22.3 Å². The van der Waals surface area contributed by atoms with Crippen molar-refractivity contribution >= 4 is 45.4 Å². The van der Waals surface area contributed by atoms with E-state index in [2.05, 4.69) is 48.5 Å². The van der Waals surface area contributed by atoms with E-state index in [-0.39, 0.29) is 22.3 Å². The van der Waals surface area contributed by atoms with Crippen LogP contribution in [-0.2, 0) is 0 Å². The summed E-state index contributed by atoms with van der Waals surface area (Å²) in [5.41, 5.74) is 11.0. The van der Waals surface area contributed by atoms with Crippen LogP contribution in [0.5, 0.6) is 0 Å². The lowest BCUT2D eigenvalue weighted by Crippen LogP contribution is -1.96. The predicted octanol–water partition coefficient (Wildman–Crippen LogP) is 12.8. The number of carboxylic acids is 4. The van der Waals surface area contributed by atoms with Crippen molar-refractivity contribution in [3.63, 3.8) is 0 Å². The van der Waals surface area contributed by atoms with Crippen molar-refractivity contribution in [1.29, 1.82) is 0 Å². The zero-order chi connectivity index (χ0) is 43.1. The Morgan fingerprint density at radius 1 is 0.242 bits per heavy atom. The number of aromatic carboxylic acids is 4. The Hall–Kier alpha value is -8.62. The Kier molecular flexibility index (Phi) is 9.94. The molecule has 0 aromatic heterocycles. The normalized spacial score (nSPS) is 11.1. The van der Waals surface area contributed by atoms with Crippen molar-refractivity contribution < 1.29 is 39.6 Å². The number of hydrogen-bond acceptors (Lipinski definition) is 4. The minimum absolute atomic E-state index is 0.170. The summed E-state index contributed by atoms with van der Waals surface area (Å²) in [5, 5.41) is 42.4. The van der Waals surface area contributed by atoms with E-state index in [0.29, 0.717) is 0 Å². The molecule has 0 radical (unpaired) electrons. The van der Waals surface area contributed by atoms with Gasteiger partial charge < -0.3 is 20.4 Å². The third-order valence-electron chi connectivity index (χ3n) is 11.2. The van der Waals surface area contributed by atoms with E-state index >= 15 is 0 Å². The molecular weight excluding hydrogens is 777 g/mol. The van der Waals surface area contributed by atoms with E-state index in [0.717, 1.165) is 88.3 Å². The number of carbonyl (C=O) groups is 4. The van der Waals surface area contributed by atoms with Gasteiger partial charge in [-0.25, -0.2) is 19.2 Å². The van der Waals surface area contributed by atoms with Crippen molar-refractivity contribution in [2.45, 2.75) is 0 Å². The van der Waals surface area contributed by atoms with Crippen molar-refractivity contribution in [2.24, 2.45) is 0 Å². The number of carboxylic acid groups (broad SMARTS) is 4. The monoisotopic (exact) mass is 810 g/mol. The first-order valence-electron chi connectivity index (χ1n) is 19.6. The van der Waals surface area contributed by atoms with Crippen LogP contribution in [0.25, 0.3) is 88.3 Å². The van der Waals surface area contributed by atoms with E-state index in [1.165, 1.54) is 0 Å². The van der Waals surface area contributed by atoms with Crippen LogP contribution in [0.2, 0.25) is 0 Å². The van der Waals surface area contributed by atoms with E-state index in [1.807, 2.05) is 36.4 Å². The van der Waals surface area contributed by atoms with Gasteiger partial charge in [0, 0.05) is 0 Å². The van der Waals surface area contributed by atoms with E-state index in [1.54, 1.807) is 97.1 Å². The highest BCUT2D eigenvalue weighted by Gasteiger charge is 2.20. The molecule has 0 heterocycles. The standard InChI is InChI=1S/C54H34O8/c55-51(56)35-17-9-31(10-18-35)39-25-40(32-11-19-36(20-12-32)52(57)58)28-43(27-39)49-45-5-1-2-6-46(45)50(48-8-4-3-7-47(48)49)44-29-41(33-13-21-37(22-14-33)53(59)60)26-42(30-44)34-15-23-38(24-16-34)54(61)62/h1-30H,(H,55,56)(H,57,58)(H,59,60)(H,61,62). The third kappa shape index (κ3) is 7.33. The fraction of sp³-hybridized carbons (Fsp3) is 0. The maximum absolute atomic E-state index is 11.8. The van der Waals surface area contributed by atoms with Gasteiger partial charge in [0.2, 0.25) is 0 Å². The largest absolute Gasteiger partial charge is 0.478 e. The van der Waals surface area contributed by atoms with E-state index in [9.17, 15) is 39.6 Å². The van der Waals surface area contributed by atoms with Gasteiger partial charge in [0.1, 0.15) is 0 Å². The van der Waals surface area contributed by atoms with Crippen molar-refractivity contribution in [2.75, 3.05) is 0 Å². The van der Waals surface area contributed by atoms with Gasteiger partial charge in [-0.05, 0) is 173 Å². The molecule has 0 spiro atoms. The Balaban J connectivity index is 1.31. The van der Waals surface area contributed by atoms with Crippen LogP contribution < -0.4 is 0 Å². The van der Waals surface area contributed by atoms with Gasteiger partial charge in [-0.1, -0.05) is 97.1 Å². The average Bonchev–Trinajstić information content (AvgIpc) is 3.30. The fourth-order valence-corrected chi connectivity index (χ4v) is 8.18. The Morgan fingerprint density at radius 2 is 0.435 bits per heavy atom. The highest BCUT2D eigenvalue weighted by Crippen LogP contribution is 2.46. The second-order valence-electron chi connectivity index (χ2n) is 15.0. The topological polar surface area (TPSA) is 149 Å². The fourth-order valence-electron chi connectivity index (χ4n) is 8.18. The van der Waals surface area contributed by atoms with E-state index in [4.69, 9.17) is 0 Å². The van der Waals surface area contributed by atoms with Crippen LogP contribution in [0.3, 0.4) is 0 Å². The molecule has 9 aromatic carbocycles. The summed E-state index contributed by atoms with van der Waals surface area (Å²) in [6.07, 6.45) is 0. The van der Waals surface area contributed by atoms with Crippen molar-refractivity contribution in [1.82, 2.24) is 0 Å². The first-order chi connectivity index (χ1) is 30.0. The SMILES string of the molecule is O=C(O)c1ccc(-c2cc(-c3ccc(C(=O)O)cc3)cc(-c3c4ccccc4c(-c4cc(-c5ccc(C(=O)O)cc5)cc(-c5ccc(C(=O)O)cc5)c4)c4ccccc34)c2)cc1. The third-order valence-corrected chi connectivity index (χ3v) is 11.2. The smallest absolute Gasteiger partial charge is 0.335 e. The van der Waals surface area contributed by atoms with Crippen LogP contribution in [0.4, 0.5) is 0 Å². The van der Waals surface area contributed by atoms with Crippen molar-refractivity contribution in [3.05, 3.63) is 204 Å². The molecule has 0 saturated carbocycles. The lowest BCUT2D eigenvalue weighted by molar-refractivity contribution is 0.0686. The molecule has 8 heteroatoms. The second-order valence-corrected chi connectivity index (χ2v) is 15.0. The number of hydrogen-bond donors (Lipinski definition) is 4. The lowest BCUT2D eigenvalue weighted by Gasteiger charge is -2.20. The highest BCUT2D eigenvalue weighted by atomic mass is 16.4. The first kappa shape index (κ1) is 38.9. The number of rotatable bonds is 10. The Bertz CT molecular complexity index is 2830. The minimum atomic E-state index is -1.02. The first-order valence-corrected chi connectivity index (χ1v) is 19.6. The summed E-state index contributed by atoms with van der Waals surface area (Å²) in [6, 6.07) is 55.7. The summed E-state index contributed by atoms with van der Waals surface area (Å²) in [6.45, 7) is 0. The molecule has 4 N–H and O–H groups in total. The molecule has 0 amide bonds. The van der Waals surface area contributed by atoms with Crippen LogP contribution in [0.15, 0.2) is 182 Å². The van der Waals surface area contributed by atoms with Crippen LogP contribution >= 0.6 is 0 Å². The summed E-state index contributed by atoms with van der Waals surface area (Å²) in [4.78, 5) is 47.0. The molecular formula is C54H34O8. The molecule has 0 unspecified atom stereocenters. The molecule has 298 valence electrons. The second kappa shape index (κ2) is 15.9. The van der Waals surface area contributed by atoms with Gasteiger partial charge in [-0.15, -0.1) is 0 Å². The molecule has 0 aliphatic heterocycles. The minimum Gasteiger partial charge on any atom is -0.478 e. The van der Waals surface area contributed by atoms with Gasteiger partial charge in [0.25, 0.3) is 0 Å². The zero-order valence-corrected chi connectivity index (χ0v) is 32.7. The summed E-state index contributed by atoms with van der Waals surface area (Å²) < 4.78 is 0. The number of fused-ring (bicyclic) bond motifs is 2. The molecule has 0 atom stereocenters.